The van der Waals surface area contributed by atoms with Crippen molar-refractivity contribution < 1.29 is 28.6 Å². The van der Waals surface area contributed by atoms with Crippen molar-refractivity contribution in [1.29, 1.82) is 0 Å². The van der Waals surface area contributed by atoms with Crippen LogP contribution >= 0.6 is 0 Å². The first-order chi connectivity index (χ1) is 10.5. The third kappa shape index (κ3) is 9.04. The Morgan fingerprint density at radius 2 is 1.78 bits per heavy atom. The summed E-state index contributed by atoms with van der Waals surface area (Å²) in [6.45, 7) is 11.4. The molecule has 0 rings (SSSR count). The van der Waals surface area contributed by atoms with Gasteiger partial charge in [0.15, 0.2) is 8.32 Å². The predicted molar refractivity (Wildman–Crippen MR) is 90.0 cm³/mol. The van der Waals surface area contributed by atoms with E-state index in [1.54, 1.807) is 0 Å². The Labute approximate surface area is 139 Å². The van der Waals surface area contributed by atoms with Crippen molar-refractivity contribution in [3.05, 3.63) is 0 Å². The van der Waals surface area contributed by atoms with Gasteiger partial charge in [-0.2, -0.15) is 0 Å². The van der Waals surface area contributed by atoms with Crippen molar-refractivity contribution in [2.75, 3.05) is 33.5 Å². The fourth-order valence-electron chi connectivity index (χ4n) is 1.45. The van der Waals surface area contributed by atoms with Gasteiger partial charge in [0, 0.05) is 20.1 Å². The zero-order valence-electron chi connectivity index (χ0n) is 15.1. The molecule has 23 heavy (non-hydrogen) atoms. The molecule has 0 aromatic rings. The Morgan fingerprint density at radius 3 is 2.26 bits per heavy atom. The van der Waals surface area contributed by atoms with Crippen LogP contribution in [0.2, 0.25) is 18.1 Å². The minimum atomic E-state index is -1.92. The zero-order valence-corrected chi connectivity index (χ0v) is 16.1. The number of carboxylic acids is 1. The largest absolute Gasteiger partial charge is 0.480 e. The highest BCUT2D eigenvalue weighted by atomic mass is 28.4. The van der Waals surface area contributed by atoms with Gasteiger partial charge in [-0.1, -0.05) is 20.8 Å². The van der Waals surface area contributed by atoms with E-state index in [1.807, 2.05) is 0 Å². The summed E-state index contributed by atoms with van der Waals surface area (Å²) in [5.74, 6) is -1.53. The Hall–Kier alpha value is -0.963. The number of ether oxygens (including phenoxy) is 2. The maximum absolute atomic E-state index is 11.7. The molecular formula is C15H31NO6Si. The number of methoxy groups -OCH3 is 1. The van der Waals surface area contributed by atoms with Crippen molar-refractivity contribution in [2.24, 2.45) is 0 Å². The lowest BCUT2D eigenvalue weighted by Crippen LogP contribution is -2.45. The molecule has 0 fully saturated rings. The molecule has 0 unspecified atom stereocenters. The molecule has 0 aliphatic rings. The van der Waals surface area contributed by atoms with Crippen LogP contribution in [0.25, 0.3) is 0 Å². The Bertz CT molecular complexity index is 381. The van der Waals surface area contributed by atoms with Gasteiger partial charge < -0.3 is 24.3 Å². The molecule has 0 radical (unpaired) electrons. The molecule has 0 aliphatic heterocycles. The SMILES string of the molecule is COCCOCC(=O)N[C@@H](CCO[Si](C)(C)C(C)(C)C)C(=O)O. The van der Waals surface area contributed by atoms with Crippen LogP contribution in [-0.2, 0) is 23.5 Å². The summed E-state index contributed by atoms with van der Waals surface area (Å²) < 4.78 is 15.8. The van der Waals surface area contributed by atoms with Crippen molar-refractivity contribution in [3.63, 3.8) is 0 Å². The molecule has 0 bridgehead atoms. The van der Waals surface area contributed by atoms with E-state index in [0.29, 0.717) is 13.2 Å². The lowest BCUT2D eigenvalue weighted by Gasteiger charge is -2.36. The van der Waals surface area contributed by atoms with Gasteiger partial charge >= 0.3 is 5.97 Å². The lowest BCUT2D eigenvalue weighted by atomic mass is 10.2. The number of hydrogen-bond acceptors (Lipinski definition) is 5. The van der Waals surface area contributed by atoms with Crippen molar-refractivity contribution in [2.45, 2.75) is 51.4 Å². The average Bonchev–Trinajstić information content (AvgIpc) is 2.41. The van der Waals surface area contributed by atoms with E-state index >= 15 is 0 Å². The van der Waals surface area contributed by atoms with Gasteiger partial charge in [-0.05, 0) is 18.1 Å². The summed E-state index contributed by atoms with van der Waals surface area (Å²) in [7, 11) is -0.387. The molecular weight excluding hydrogens is 318 g/mol. The number of carbonyl (C=O) groups is 2. The first-order valence-electron chi connectivity index (χ1n) is 7.74. The number of hydrogen-bond donors (Lipinski definition) is 2. The molecule has 0 spiro atoms. The summed E-state index contributed by atoms with van der Waals surface area (Å²) in [5, 5.41) is 11.7. The van der Waals surface area contributed by atoms with E-state index < -0.39 is 26.2 Å². The minimum Gasteiger partial charge on any atom is -0.480 e. The van der Waals surface area contributed by atoms with Crippen molar-refractivity contribution >= 4 is 20.2 Å². The van der Waals surface area contributed by atoms with E-state index in [2.05, 4.69) is 39.2 Å². The normalized spacial score (nSPS) is 13.7. The van der Waals surface area contributed by atoms with Gasteiger partial charge in [-0.3, -0.25) is 4.79 Å². The summed E-state index contributed by atoms with van der Waals surface area (Å²) >= 11 is 0. The fraction of sp³-hybridized carbons (Fsp3) is 0.867. The number of nitrogens with one attached hydrogen (secondary N) is 1. The number of amides is 1. The van der Waals surface area contributed by atoms with Gasteiger partial charge in [0.05, 0.1) is 13.2 Å². The number of carbonyl (C=O) groups excluding carboxylic acids is 1. The highest BCUT2D eigenvalue weighted by Crippen LogP contribution is 2.36. The van der Waals surface area contributed by atoms with Crippen molar-refractivity contribution in [3.8, 4) is 0 Å². The van der Waals surface area contributed by atoms with E-state index in [0.717, 1.165) is 0 Å². The van der Waals surface area contributed by atoms with Gasteiger partial charge in [0.25, 0.3) is 0 Å². The molecule has 136 valence electrons. The van der Waals surface area contributed by atoms with Crippen molar-refractivity contribution in [1.82, 2.24) is 5.32 Å². The van der Waals surface area contributed by atoms with Crippen LogP contribution in [0.4, 0.5) is 0 Å². The molecule has 0 saturated carbocycles. The molecule has 0 heterocycles. The topological polar surface area (TPSA) is 94.1 Å². The van der Waals surface area contributed by atoms with Gasteiger partial charge in [0.2, 0.25) is 5.91 Å². The third-order valence-corrected chi connectivity index (χ3v) is 8.51. The first-order valence-corrected chi connectivity index (χ1v) is 10.6. The monoisotopic (exact) mass is 349 g/mol. The van der Waals surface area contributed by atoms with E-state index in [4.69, 9.17) is 13.9 Å². The maximum Gasteiger partial charge on any atom is 0.326 e. The van der Waals surface area contributed by atoms with Gasteiger partial charge in [-0.15, -0.1) is 0 Å². The number of aliphatic carboxylic acids is 1. The van der Waals surface area contributed by atoms with Crippen LogP contribution in [0.15, 0.2) is 0 Å². The number of carboxylic acid groups (broad SMARTS) is 1. The highest BCUT2D eigenvalue weighted by molar-refractivity contribution is 6.74. The highest BCUT2D eigenvalue weighted by Gasteiger charge is 2.37. The summed E-state index contributed by atoms with van der Waals surface area (Å²) in [6.07, 6.45) is 0.228. The molecule has 1 amide bonds. The molecule has 7 nitrogen and oxygen atoms in total. The van der Waals surface area contributed by atoms with Gasteiger partial charge in [0.1, 0.15) is 12.6 Å². The predicted octanol–water partition coefficient (Wildman–Crippen LogP) is 1.63. The fourth-order valence-corrected chi connectivity index (χ4v) is 2.51. The second-order valence-electron chi connectivity index (χ2n) is 6.90. The average molecular weight is 350 g/mol. The smallest absolute Gasteiger partial charge is 0.326 e. The molecule has 0 aromatic carbocycles. The van der Waals surface area contributed by atoms with Crippen LogP contribution in [-0.4, -0.2) is 64.9 Å². The summed E-state index contributed by atoms with van der Waals surface area (Å²) in [4.78, 5) is 22.9. The van der Waals surface area contributed by atoms with Crippen LogP contribution in [0.3, 0.4) is 0 Å². The quantitative estimate of drug-likeness (QED) is 0.435. The molecule has 8 heteroatoms. The molecule has 0 aliphatic carbocycles. The molecule has 2 N–H and O–H groups in total. The molecule has 0 aromatic heterocycles. The lowest BCUT2D eigenvalue weighted by molar-refractivity contribution is -0.143. The second-order valence-corrected chi connectivity index (χ2v) is 11.7. The van der Waals surface area contributed by atoms with E-state index in [1.165, 1.54) is 7.11 Å². The summed E-state index contributed by atoms with van der Waals surface area (Å²) in [5.41, 5.74) is 0. The summed E-state index contributed by atoms with van der Waals surface area (Å²) in [6, 6.07) is -0.974. The van der Waals surface area contributed by atoms with Crippen LogP contribution in [0.5, 0.6) is 0 Å². The van der Waals surface area contributed by atoms with Crippen LogP contribution in [0, 0.1) is 0 Å². The van der Waals surface area contributed by atoms with Crippen LogP contribution in [0.1, 0.15) is 27.2 Å². The maximum atomic E-state index is 11.7. The number of rotatable bonds is 11. The first kappa shape index (κ1) is 22.0. The third-order valence-electron chi connectivity index (χ3n) is 3.97. The Balaban J connectivity index is 4.28. The van der Waals surface area contributed by atoms with E-state index in [9.17, 15) is 14.7 Å². The second kappa shape index (κ2) is 10.0. The van der Waals surface area contributed by atoms with E-state index in [-0.39, 0.29) is 24.7 Å². The van der Waals surface area contributed by atoms with Gasteiger partial charge in [-0.25, -0.2) is 4.79 Å². The Morgan fingerprint density at radius 1 is 1.17 bits per heavy atom. The zero-order chi connectivity index (χ0) is 18.1. The molecule has 1 atom stereocenters. The van der Waals surface area contributed by atoms with Crippen LogP contribution < -0.4 is 5.32 Å². The standard InChI is InChI=1S/C15H31NO6Si/c1-15(2,3)23(5,6)22-8-7-12(14(18)19)16-13(17)11-21-10-9-20-4/h12H,7-11H2,1-6H3,(H,16,17)(H,18,19)/t12-/m0/s1. The molecule has 0 saturated heterocycles. The minimum absolute atomic E-state index is 0.0597. The Kier molecular flexibility index (Phi) is 9.60.